The molecule has 0 radical (unpaired) electrons. The summed E-state index contributed by atoms with van der Waals surface area (Å²) in [5, 5.41) is 0. The molecule has 2 saturated heterocycles. The van der Waals surface area contributed by atoms with Crippen LogP contribution in [0.4, 0.5) is 0 Å². The molecule has 6 heteroatoms. The van der Waals surface area contributed by atoms with Gasteiger partial charge in [-0.05, 0) is 25.2 Å². The molecular formula is C15H22Cl2O4. The van der Waals surface area contributed by atoms with Crippen LogP contribution in [0.5, 0.6) is 0 Å². The first-order valence-corrected chi connectivity index (χ1v) is 8.28. The third kappa shape index (κ3) is 2.75. The molecule has 2 aliphatic heterocycles. The van der Waals surface area contributed by atoms with Gasteiger partial charge in [-0.2, -0.15) is 0 Å². The maximum absolute atomic E-state index is 6.09. The fourth-order valence-corrected chi connectivity index (χ4v) is 4.48. The molecule has 0 unspecified atom stereocenters. The Balaban J connectivity index is 1.88. The highest BCUT2D eigenvalue weighted by Gasteiger charge is 2.54. The van der Waals surface area contributed by atoms with Crippen molar-refractivity contribution in [2.45, 2.75) is 50.3 Å². The maximum Gasteiger partial charge on any atom is 0.182 e. The van der Waals surface area contributed by atoms with Gasteiger partial charge in [-0.25, -0.2) is 0 Å². The molecule has 0 spiro atoms. The summed E-state index contributed by atoms with van der Waals surface area (Å²) in [6, 6.07) is 0. The largest absolute Gasteiger partial charge is 0.353 e. The van der Waals surface area contributed by atoms with Crippen LogP contribution in [-0.2, 0) is 18.9 Å². The maximum atomic E-state index is 6.09. The van der Waals surface area contributed by atoms with E-state index < -0.39 is 12.1 Å². The van der Waals surface area contributed by atoms with Gasteiger partial charge in [-0.15, -0.1) is 0 Å². The highest BCUT2D eigenvalue weighted by molar-refractivity contribution is 6.56. The van der Waals surface area contributed by atoms with Crippen LogP contribution in [0.15, 0.2) is 10.1 Å². The molecule has 0 amide bonds. The van der Waals surface area contributed by atoms with Gasteiger partial charge in [-0.3, -0.25) is 0 Å². The highest BCUT2D eigenvalue weighted by Crippen LogP contribution is 2.51. The van der Waals surface area contributed by atoms with Crippen LogP contribution < -0.4 is 0 Å². The lowest BCUT2D eigenvalue weighted by atomic mass is 9.68. The molecule has 21 heavy (non-hydrogen) atoms. The Morgan fingerprint density at radius 2 is 2.10 bits per heavy atom. The summed E-state index contributed by atoms with van der Waals surface area (Å²) in [7, 11) is 3.34. The van der Waals surface area contributed by atoms with E-state index in [-0.39, 0.29) is 10.6 Å². The molecule has 2 heterocycles. The highest BCUT2D eigenvalue weighted by atomic mass is 35.5. The summed E-state index contributed by atoms with van der Waals surface area (Å²) in [5.74, 6) is 0.162. The van der Waals surface area contributed by atoms with Gasteiger partial charge in [0.05, 0.1) is 12.7 Å². The normalized spacial score (nSPS) is 43.1. The molecular weight excluding hydrogens is 315 g/mol. The van der Waals surface area contributed by atoms with Crippen molar-refractivity contribution in [3.63, 3.8) is 0 Å². The number of rotatable bonds is 2. The molecule has 0 bridgehead atoms. The zero-order valence-electron chi connectivity index (χ0n) is 12.4. The zero-order chi connectivity index (χ0) is 15.0. The van der Waals surface area contributed by atoms with Crippen molar-refractivity contribution in [1.82, 2.24) is 0 Å². The van der Waals surface area contributed by atoms with Gasteiger partial charge >= 0.3 is 0 Å². The third-order valence-corrected chi connectivity index (χ3v) is 5.67. The molecule has 0 N–H and O–H groups in total. The minimum Gasteiger partial charge on any atom is -0.353 e. The summed E-state index contributed by atoms with van der Waals surface area (Å²) in [4.78, 5) is 0. The molecule has 1 saturated carbocycles. The minimum atomic E-state index is -0.474. The Morgan fingerprint density at radius 3 is 2.76 bits per heavy atom. The summed E-state index contributed by atoms with van der Waals surface area (Å²) in [6.07, 6.45) is 4.69. The average Bonchev–Trinajstić information content (AvgIpc) is 2.53. The second-order valence-electron chi connectivity index (χ2n) is 6.08. The fraction of sp³-hybridized carbons (Fsp3) is 0.867. The van der Waals surface area contributed by atoms with Gasteiger partial charge in [-0.1, -0.05) is 29.6 Å². The quantitative estimate of drug-likeness (QED) is 0.771. The summed E-state index contributed by atoms with van der Waals surface area (Å²) in [5.41, 5.74) is 0.833. The van der Waals surface area contributed by atoms with Crippen molar-refractivity contribution in [3.8, 4) is 0 Å². The van der Waals surface area contributed by atoms with E-state index in [1.807, 2.05) is 0 Å². The van der Waals surface area contributed by atoms with Gasteiger partial charge < -0.3 is 18.9 Å². The second-order valence-corrected chi connectivity index (χ2v) is 7.02. The van der Waals surface area contributed by atoms with Gasteiger partial charge in [0.1, 0.15) is 4.49 Å². The molecule has 4 nitrogen and oxygen atoms in total. The standard InChI is InChI=1S/C15H22Cl2O4/c1-18-14-10(13(16)17)7-9-11-5-3-4-6-15(11,19-2)20-8-12(9)21-14/h9,11-12,14H,3-8H2,1-2H3/t9-,11-,12-,14+,15+/m1/s1. The smallest absolute Gasteiger partial charge is 0.182 e. The molecule has 0 aromatic heterocycles. The Morgan fingerprint density at radius 1 is 1.29 bits per heavy atom. The first kappa shape index (κ1) is 16.0. The molecule has 120 valence electrons. The van der Waals surface area contributed by atoms with Crippen LogP contribution in [0.3, 0.4) is 0 Å². The molecule has 3 fully saturated rings. The predicted molar refractivity (Wildman–Crippen MR) is 80.2 cm³/mol. The lowest BCUT2D eigenvalue weighted by Crippen LogP contribution is -2.59. The van der Waals surface area contributed by atoms with E-state index in [2.05, 4.69) is 0 Å². The van der Waals surface area contributed by atoms with Crippen LogP contribution in [0.2, 0.25) is 0 Å². The van der Waals surface area contributed by atoms with E-state index in [4.69, 9.17) is 42.1 Å². The van der Waals surface area contributed by atoms with Crippen LogP contribution in [0, 0.1) is 11.8 Å². The molecule has 0 aromatic rings. The summed E-state index contributed by atoms with van der Waals surface area (Å²) in [6.45, 7) is 0.530. The number of hydrogen-bond acceptors (Lipinski definition) is 4. The Kier molecular flexibility index (Phi) is 4.84. The number of fused-ring (bicyclic) bond motifs is 3. The number of methoxy groups -OCH3 is 2. The third-order valence-electron chi connectivity index (χ3n) is 5.18. The molecule has 3 aliphatic rings. The molecule has 3 rings (SSSR count). The fourth-order valence-electron chi connectivity index (χ4n) is 4.15. The van der Waals surface area contributed by atoms with Crippen LogP contribution in [0.1, 0.15) is 32.1 Å². The Hall–Kier alpha value is 0.160. The Bertz CT molecular complexity index is 424. The lowest BCUT2D eigenvalue weighted by Gasteiger charge is -2.54. The van der Waals surface area contributed by atoms with Gasteiger partial charge in [0, 0.05) is 32.1 Å². The van der Waals surface area contributed by atoms with E-state index in [1.54, 1.807) is 14.2 Å². The lowest BCUT2D eigenvalue weighted by molar-refractivity contribution is -0.337. The molecule has 1 aliphatic carbocycles. The first-order chi connectivity index (χ1) is 10.1. The average molecular weight is 337 g/mol. The topological polar surface area (TPSA) is 36.9 Å². The molecule has 0 aromatic carbocycles. The SMILES string of the molecule is CO[C@H]1O[C@@H]2CO[C@@]3(OC)CCCC[C@@H]3[C@H]2CC1=C(Cl)Cl. The zero-order valence-corrected chi connectivity index (χ0v) is 14.0. The van der Waals surface area contributed by atoms with Gasteiger partial charge in [0.15, 0.2) is 12.1 Å². The predicted octanol–water partition coefficient (Wildman–Crippen LogP) is 3.62. The van der Waals surface area contributed by atoms with Crippen LogP contribution in [-0.4, -0.2) is 39.0 Å². The van der Waals surface area contributed by atoms with E-state index >= 15 is 0 Å². The van der Waals surface area contributed by atoms with Gasteiger partial charge in [0.25, 0.3) is 0 Å². The minimum absolute atomic E-state index is 0.0118. The van der Waals surface area contributed by atoms with E-state index in [9.17, 15) is 0 Å². The summed E-state index contributed by atoms with van der Waals surface area (Å²) < 4.78 is 23.5. The van der Waals surface area contributed by atoms with E-state index in [1.165, 1.54) is 6.42 Å². The van der Waals surface area contributed by atoms with Crippen LogP contribution in [0.25, 0.3) is 0 Å². The van der Waals surface area contributed by atoms with Crippen molar-refractivity contribution in [2.24, 2.45) is 11.8 Å². The number of hydrogen-bond donors (Lipinski definition) is 0. The Labute approximate surface area is 135 Å². The van der Waals surface area contributed by atoms with Gasteiger partial charge in [0.2, 0.25) is 0 Å². The monoisotopic (exact) mass is 336 g/mol. The van der Waals surface area contributed by atoms with Crippen LogP contribution >= 0.6 is 23.2 Å². The summed E-state index contributed by atoms with van der Waals surface area (Å²) >= 11 is 12.1. The van der Waals surface area contributed by atoms with Crippen molar-refractivity contribution < 1.29 is 18.9 Å². The van der Waals surface area contributed by atoms with Crippen molar-refractivity contribution in [3.05, 3.63) is 10.1 Å². The van der Waals surface area contributed by atoms with Crippen molar-refractivity contribution in [2.75, 3.05) is 20.8 Å². The van der Waals surface area contributed by atoms with Crippen molar-refractivity contribution in [1.29, 1.82) is 0 Å². The molecule has 5 atom stereocenters. The number of ether oxygens (including phenoxy) is 4. The second kappa shape index (κ2) is 6.34. The van der Waals surface area contributed by atoms with E-state index in [0.717, 1.165) is 31.3 Å². The van der Waals surface area contributed by atoms with E-state index in [0.29, 0.717) is 18.4 Å². The number of halogens is 2. The first-order valence-electron chi connectivity index (χ1n) is 7.52. The van der Waals surface area contributed by atoms with Crippen molar-refractivity contribution >= 4 is 23.2 Å².